The Morgan fingerprint density at radius 2 is 2.04 bits per heavy atom. The van der Waals surface area contributed by atoms with Gasteiger partial charge >= 0.3 is 0 Å². The van der Waals surface area contributed by atoms with Gasteiger partial charge in [-0.2, -0.15) is 0 Å². The predicted octanol–water partition coefficient (Wildman–Crippen LogP) is 3.33. The maximum absolute atomic E-state index is 4.76. The zero-order chi connectivity index (χ0) is 19.5. The van der Waals surface area contributed by atoms with Crippen LogP contribution in [0.5, 0.6) is 0 Å². The van der Waals surface area contributed by atoms with Crippen LogP contribution in [-0.4, -0.2) is 41.4 Å². The van der Waals surface area contributed by atoms with Crippen molar-refractivity contribution in [3.8, 4) is 0 Å². The highest BCUT2D eigenvalue weighted by Gasteiger charge is 2.16. The summed E-state index contributed by atoms with van der Waals surface area (Å²) in [5.41, 5.74) is 5.28. The minimum Gasteiger partial charge on any atom is -0.324 e. The van der Waals surface area contributed by atoms with Crippen molar-refractivity contribution in [1.82, 2.24) is 29.1 Å². The SMILES string of the molecule is CCCc1c(Cn2ccnc2C2=NCC(CC)=CC=C2)ncn2c(C)nnc12. The van der Waals surface area contributed by atoms with Gasteiger partial charge in [-0.25, -0.2) is 9.97 Å². The molecule has 1 aliphatic rings. The fraction of sp³-hybridized carbons (Fsp3) is 0.381. The molecule has 4 heterocycles. The fourth-order valence-electron chi connectivity index (χ4n) is 3.46. The Kier molecular flexibility index (Phi) is 5.14. The summed E-state index contributed by atoms with van der Waals surface area (Å²) in [5.74, 6) is 1.72. The minimum atomic E-state index is 0.633. The van der Waals surface area contributed by atoms with E-state index in [1.807, 2.05) is 36.1 Å². The number of rotatable bonds is 6. The van der Waals surface area contributed by atoms with Gasteiger partial charge in [0.1, 0.15) is 17.9 Å². The monoisotopic (exact) mass is 375 g/mol. The molecule has 7 nitrogen and oxygen atoms in total. The zero-order valence-electron chi connectivity index (χ0n) is 16.6. The molecule has 0 aromatic carbocycles. The van der Waals surface area contributed by atoms with Crippen molar-refractivity contribution in [2.75, 3.05) is 6.54 Å². The summed E-state index contributed by atoms with van der Waals surface area (Å²) in [6, 6.07) is 0. The highest BCUT2D eigenvalue weighted by Crippen LogP contribution is 2.18. The number of hydrogen-bond donors (Lipinski definition) is 0. The third-order valence-corrected chi connectivity index (χ3v) is 5.07. The number of hydrogen-bond acceptors (Lipinski definition) is 5. The Balaban J connectivity index is 1.69. The van der Waals surface area contributed by atoms with Crippen LogP contribution in [0.2, 0.25) is 0 Å². The molecule has 0 spiro atoms. The number of aromatic nitrogens is 6. The molecular formula is C21H25N7. The summed E-state index contributed by atoms with van der Waals surface area (Å²) in [6.45, 7) is 7.62. The van der Waals surface area contributed by atoms with Gasteiger partial charge in [0.15, 0.2) is 11.5 Å². The molecule has 7 heteroatoms. The van der Waals surface area contributed by atoms with Gasteiger partial charge < -0.3 is 4.57 Å². The molecule has 28 heavy (non-hydrogen) atoms. The second-order valence-electron chi connectivity index (χ2n) is 6.98. The highest BCUT2D eigenvalue weighted by molar-refractivity contribution is 6.06. The summed E-state index contributed by atoms with van der Waals surface area (Å²) in [4.78, 5) is 14.1. The molecule has 0 fully saturated rings. The molecule has 0 bridgehead atoms. The molecule has 4 rings (SSSR count). The molecule has 144 valence electrons. The number of imidazole rings is 1. The van der Waals surface area contributed by atoms with Crippen LogP contribution in [-0.2, 0) is 13.0 Å². The summed E-state index contributed by atoms with van der Waals surface area (Å²) >= 11 is 0. The van der Waals surface area contributed by atoms with Crippen LogP contribution in [0.15, 0.2) is 47.5 Å². The van der Waals surface area contributed by atoms with E-state index >= 15 is 0 Å². The fourth-order valence-corrected chi connectivity index (χ4v) is 3.46. The number of aliphatic imine (C=N–C) groups is 1. The van der Waals surface area contributed by atoms with Gasteiger partial charge in [-0.3, -0.25) is 9.39 Å². The average molecular weight is 375 g/mol. The lowest BCUT2D eigenvalue weighted by Crippen LogP contribution is -2.14. The van der Waals surface area contributed by atoms with E-state index in [9.17, 15) is 0 Å². The van der Waals surface area contributed by atoms with Crippen LogP contribution < -0.4 is 0 Å². The molecule has 0 aliphatic carbocycles. The van der Waals surface area contributed by atoms with Crippen molar-refractivity contribution < 1.29 is 0 Å². The van der Waals surface area contributed by atoms with Crippen LogP contribution in [0.25, 0.3) is 5.65 Å². The van der Waals surface area contributed by atoms with E-state index in [0.29, 0.717) is 6.54 Å². The summed E-state index contributed by atoms with van der Waals surface area (Å²) < 4.78 is 4.07. The summed E-state index contributed by atoms with van der Waals surface area (Å²) in [7, 11) is 0. The van der Waals surface area contributed by atoms with Crippen molar-refractivity contribution in [2.45, 2.75) is 46.6 Å². The van der Waals surface area contributed by atoms with Gasteiger partial charge in [-0.05, 0) is 31.4 Å². The molecule has 0 unspecified atom stereocenters. The van der Waals surface area contributed by atoms with Crippen molar-refractivity contribution in [3.63, 3.8) is 0 Å². The molecule has 3 aromatic rings. The van der Waals surface area contributed by atoms with E-state index in [-0.39, 0.29) is 0 Å². The van der Waals surface area contributed by atoms with E-state index < -0.39 is 0 Å². The maximum Gasteiger partial charge on any atom is 0.167 e. The quantitative estimate of drug-likeness (QED) is 0.662. The van der Waals surface area contributed by atoms with E-state index in [1.165, 1.54) is 5.57 Å². The molecule has 0 N–H and O–H groups in total. The lowest BCUT2D eigenvalue weighted by molar-refractivity contribution is 0.738. The van der Waals surface area contributed by atoms with Crippen molar-refractivity contribution in [2.24, 2.45) is 4.99 Å². The first kappa shape index (κ1) is 18.3. The second-order valence-corrected chi connectivity index (χ2v) is 6.98. The van der Waals surface area contributed by atoms with Crippen molar-refractivity contribution >= 4 is 11.4 Å². The average Bonchev–Trinajstić information content (AvgIpc) is 3.23. The maximum atomic E-state index is 4.76. The Morgan fingerprint density at radius 3 is 2.86 bits per heavy atom. The first-order valence-corrected chi connectivity index (χ1v) is 9.81. The molecule has 0 amide bonds. The minimum absolute atomic E-state index is 0.633. The standard InChI is InChI=1S/C21H25N7/c1-4-7-17-19(24-14-28-15(3)25-26-20(17)28)13-27-11-10-22-21(27)18-9-6-8-16(5-2)12-23-18/h6,8-11,14H,4-5,7,12-13H2,1-3H3. The Hall–Kier alpha value is -3.09. The van der Waals surface area contributed by atoms with E-state index in [2.05, 4.69) is 45.7 Å². The van der Waals surface area contributed by atoms with Crippen LogP contribution in [0, 0.1) is 6.92 Å². The smallest absolute Gasteiger partial charge is 0.167 e. The van der Waals surface area contributed by atoms with Crippen LogP contribution >= 0.6 is 0 Å². The molecule has 0 radical (unpaired) electrons. The van der Waals surface area contributed by atoms with Gasteiger partial charge in [0.05, 0.1) is 18.8 Å². The van der Waals surface area contributed by atoms with Crippen LogP contribution in [0.3, 0.4) is 0 Å². The van der Waals surface area contributed by atoms with Gasteiger partial charge in [0, 0.05) is 18.0 Å². The lowest BCUT2D eigenvalue weighted by atomic mass is 10.1. The zero-order valence-corrected chi connectivity index (χ0v) is 16.6. The Bertz CT molecular complexity index is 1080. The van der Waals surface area contributed by atoms with Gasteiger partial charge in [0.2, 0.25) is 0 Å². The third-order valence-electron chi connectivity index (χ3n) is 5.07. The number of fused-ring (bicyclic) bond motifs is 1. The van der Waals surface area contributed by atoms with E-state index in [4.69, 9.17) is 9.98 Å². The normalized spacial score (nSPS) is 14.2. The molecule has 3 aromatic heterocycles. The van der Waals surface area contributed by atoms with Gasteiger partial charge in [-0.1, -0.05) is 32.4 Å². The summed E-state index contributed by atoms with van der Waals surface area (Å²) in [6.07, 6.45) is 14.8. The second kappa shape index (κ2) is 7.88. The van der Waals surface area contributed by atoms with Crippen LogP contribution in [0.1, 0.15) is 49.6 Å². The molecule has 1 aliphatic heterocycles. The van der Waals surface area contributed by atoms with Crippen LogP contribution in [0.4, 0.5) is 0 Å². The predicted molar refractivity (Wildman–Crippen MR) is 110 cm³/mol. The molecule has 0 saturated carbocycles. The van der Waals surface area contributed by atoms with Crippen molar-refractivity contribution in [3.05, 3.63) is 65.4 Å². The number of allylic oxidation sites excluding steroid dienone is 3. The number of nitrogens with zero attached hydrogens (tertiary/aromatic N) is 7. The molecule has 0 saturated heterocycles. The summed E-state index contributed by atoms with van der Waals surface area (Å²) in [5, 5.41) is 8.59. The Morgan fingerprint density at radius 1 is 1.14 bits per heavy atom. The number of aryl methyl sites for hydroxylation is 2. The highest BCUT2D eigenvalue weighted by atomic mass is 15.3. The lowest BCUT2D eigenvalue weighted by Gasteiger charge is -2.12. The van der Waals surface area contributed by atoms with Gasteiger partial charge in [0.25, 0.3) is 0 Å². The largest absolute Gasteiger partial charge is 0.324 e. The molecule has 0 atom stereocenters. The van der Waals surface area contributed by atoms with E-state index in [1.54, 1.807) is 0 Å². The third kappa shape index (κ3) is 3.40. The van der Waals surface area contributed by atoms with Crippen molar-refractivity contribution in [1.29, 1.82) is 0 Å². The molecular weight excluding hydrogens is 350 g/mol. The Labute approximate surface area is 164 Å². The first-order valence-electron chi connectivity index (χ1n) is 9.81. The topological polar surface area (TPSA) is 73.3 Å². The first-order chi connectivity index (χ1) is 13.7. The van der Waals surface area contributed by atoms with Gasteiger partial charge in [-0.15, -0.1) is 10.2 Å². The van der Waals surface area contributed by atoms with E-state index in [0.717, 1.165) is 60.1 Å².